The molecule has 20 heavy (non-hydrogen) atoms. The Bertz CT molecular complexity index is 540. The van der Waals surface area contributed by atoms with Crippen LogP contribution in [0.4, 0.5) is 5.69 Å². The fourth-order valence-electron chi connectivity index (χ4n) is 2.80. The van der Waals surface area contributed by atoms with Gasteiger partial charge in [-0.25, -0.2) is 0 Å². The van der Waals surface area contributed by atoms with Crippen molar-refractivity contribution >= 4 is 17.5 Å². The Balaban J connectivity index is 1.78. The standard InChI is InChI=1S/C15H19N3O2/c16-8-13(9-5-6-9)18-15(20)11-7-14(19)17-12-4-2-1-3-10(11)12/h1-4,9,11,13H,5-8,16H2,(H,17,19)(H,18,20). The summed E-state index contributed by atoms with van der Waals surface area (Å²) in [5.41, 5.74) is 7.34. The first kappa shape index (κ1) is 13.1. The van der Waals surface area contributed by atoms with Gasteiger partial charge in [-0.3, -0.25) is 9.59 Å². The van der Waals surface area contributed by atoms with Crippen molar-refractivity contribution in [2.45, 2.75) is 31.2 Å². The van der Waals surface area contributed by atoms with Crippen molar-refractivity contribution in [2.75, 3.05) is 11.9 Å². The molecule has 1 aliphatic carbocycles. The molecule has 1 saturated carbocycles. The molecule has 2 aliphatic rings. The maximum atomic E-state index is 12.5. The number of rotatable bonds is 4. The zero-order valence-corrected chi connectivity index (χ0v) is 11.3. The molecule has 2 atom stereocenters. The minimum atomic E-state index is -0.409. The first-order valence-corrected chi connectivity index (χ1v) is 7.08. The number of fused-ring (bicyclic) bond motifs is 1. The summed E-state index contributed by atoms with van der Waals surface area (Å²) in [4.78, 5) is 24.2. The van der Waals surface area contributed by atoms with E-state index in [4.69, 9.17) is 5.73 Å². The van der Waals surface area contributed by atoms with Gasteiger partial charge in [0.25, 0.3) is 0 Å². The zero-order chi connectivity index (χ0) is 14.1. The first-order chi connectivity index (χ1) is 9.69. The summed E-state index contributed by atoms with van der Waals surface area (Å²) < 4.78 is 0. The summed E-state index contributed by atoms with van der Waals surface area (Å²) in [5.74, 6) is -0.0985. The summed E-state index contributed by atoms with van der Waals surface area (Å²) in [6.07, 6.45) is 2.46. The molecule has 1 aromatic rings. The lowest BCUT2D eigenvalue weighted by Crippen LogP contribution is -2.45. The Hall–Kier alpha value is -1.88. The Morgan fingerprint density at radius 3 is 2.85 bits per heavy atom. The molecule has 0 saturated heterocycles. The van der Waals surface area contributed by atoms with Gasteiger partial charge in [-0.1, -0.05) is 18.2 Å². The summed E-state index contributed by atoms with van der Waals surface area (Å²) >= 11 is 0. The third-order valence-electron chi connectivity index (χ3n) is 4.09. The molecular formula is C15H19N3O2. The van der Waals surface area contributed by atoms with Crippen molar-refractivity contribution < 1.29 is 9.59 Å². The molecular weight excluding hydrogens is 254 g/mol. The highest BCUT2D eigenvalue weighted by Crippen LogP contribution is 2.35. The highest BCUT2D eigenvalue weighted by Gasteiger charge is 2.35. The normalized spacial score (nSPS) is 22.6. The van der Waals surface area contributed by atoms with E-state index in [1.165, 1.54) is 0 Å². The van der Waals surface area contributed by atoms with Crippen LogP contribution in [0.15, 0.2) is 24.3 Å². The van der Waals surface area contributed by atoms with Crippen LogP contribution in [0, 0.1) is 5.92 Å². The van der Waals surface area contributed by atoms with E-state index in [2.05, 4.69) is 10.6 Å². The molecule has 106 valence electrons. The van der Waals surface area contributed by atoms with Gasteiger partial charge in [0.15, 0.2) is 0 Å². The lowest BCUT2D eigenvalue weighted by molar-refractivity contribution is -0.126. The molecule has 1 aliphatic heterocycles. The number of benzene rings is 1. The number of carbonyl (C=O) groups is 2. The van der Waals surface area contributed by atoms with E-state index >= 15 is 0 Å². The van der Waals surface area contributed by atoms with Gasteiger partial charge in [0.1, 0.15) is 0 Å². The summed E-state index contributed by atoms with van der Waals surface area (Å²) in [7, 11) is 0. The van der Waals surface area contributed by atoms with E-state index in [-0.39, 0.29) is 24.3 Å². The summed E-state index contributed by atoms with van der Waals surface area (Å²) in [6, 6.07) is 7.51. The van der Waals surface area contributed by atoms with Gasteiger partial charge in [0.05, 0.1) is 5.92 Å². The van der Waals surface area contributed by atoms with Gasteiger partial charge < -0.3 is 16.4 Å². The molecule has 1 fully saturated rings. The monoisotopic (exact) mass is 273 g/mol. The molecule has 5 nitrogen and oxygen atoms in total. The third kappa shape index (κ3) is 2.54. The summed E-state index contributed by atoms with van der Waals surface area (Å²) in [5, 5.41) is 5.82. The van der Waals surface area contributed by atoms with Gasteiger partial charge in [0, 0.05) is 24.7 Å². The number of amides is 2. The molecule has 2 amide bonds. The van der Waals surface area contributed by atoms with Gasteiger partial charge in [0.2, 0.25) is 11.8 Å². The number of nitrogens with one attached hydrogen (secondary N) is 2. The molecule has 0 bridgehead atoms. The lowest BCUT2D eigenvalue weighted by atomic mass is 9.89. The third-order valence-corrected chi connectivity index (χ3v) is 4.09. The Labute approximate surface area is 117 Å². The minimum absolute atomic E-state index is 0.0413. The fourth-order valence-corrected chi connectivity index (χ4v) is 2.80. The lowest BCUT2D eigenvalue weighted by Gasteiger charge is -2.26. The van der Waals surface area contributed by atoms with Crippen LogP contribution in [-0.2, 0) is 9.59 Å². The molecule has 0 spiro atoms. The maximum Gasteiger partial charge on any atom is 0.228 e. The highest BCUT2D eigenvalue weighted by atomic mass is 16.2. The van der Waals surface area contributed by atoms with E-state index in [0.29, 0.717) is 12.5 Å². The average Bonchev–Trinajstić information content (AvgIpc) is 3.28. The van der Waals surface area contributed by atoms with Crippen LogP contribution >= 0.6 is 0 Å². The van der Waals surface area contributed by atoms with Crippen molar-refractivity contribution in [1.29, 1.82) is 0 Å². The second-order valence-electron chi connectivity index (χ2n) is 5.58. The van der Waals surface area contributed by atoms with Crippen molar-refractivity contribution in [3.63, 3.8) is 0 Å². The van der Waals surface area contributed by atoms with E-state index in [1.807, 2.05) is 24.3 Å². The molecule has 0 aromatic heterocycles. The van der Waals surface area contributed by atoms with Crippen molar-refractivity contribution in [1.82, 2.24) is 5.32 Å². The van der Waals surface area contributed by atoms with Crippen molar-refractivity contribution in [3.8, 4) is 0 Å². The Kier molecular flexibility index (Phi) is 3.44. The van der Waals surface area contributed by atoms with Crippen LogP contribution in [0.5, 0.6) is 0 Å². The fraction of sp³-hybridized carbons (Fsp3) is 0.467. The number of nitrogens with two attached hydrogens (primary N) is 1. The van der Waals surface area contributed by atoms with Gasteiger partial charge in [-0.15, -0.1) is 0 Å². The molecule has 4 N–H and O–H groups in total. The topological polar surface area (TPSA) is 84.2 Å². The molecule has 1 aromatic carbocycles. The molecule has 3 rings (SSSR count). The molecule has 5 heteroatoms. The van der Waals surface area contributed by atoms with E-state index in [1.54, 1.807) is 0 Å². The predicted molar refractivity (Wildman–Crippen MR) is 76.1 cm³/mol. The van der Waals surface area contributed by atoms with Crippen LogP contribution in [0.25, 0.3) is 0 Å². The molecule has 0 radical (unpaired) electrons. The Morgan fingerprint density at radius 2 is 2.15 bits per heavy atom. The van der Waals surface area contributed by atoms with Crippen molar-refractivity contribution in [3.05, 3.63) is 29.8 Å². The SMILES string of the molecule is NCC(NC(=O)C1CC(=O)Nc2ccccc21)C1CC1. The van der Waals surface area contributed by atoms with Gasteiger partial charge in [-0.2, -0.15) is 0 Å². The minimum Gasteiger partial charge on any atom is -0.351 e. The molecule has 2 unspecified atom stereocenters. The zero-order valence-electron chi connectivity index (χ0n) is 11.3. The summed E-state index contributed by atoms with van der Waals surface area (Å²) in [6.45, 7) is 0.455. The first-order valence-electron chi connectivity index (χ1n) is 7.08. The maximum absolute atomic E-state index is 12.5. The smallest absolute Gasteiger partial charge is 0.228 e. The largest absolute Gasteiger partial charge is 0.351 e. The highest BCUT2D eigenvalue weighted by molar-refractivity contribution is 6.01. The van der Waals surface area contributed by atoms with E-state index in [0.717, 1.165) is 24.1 Å². The second-order valence-corrected chi connectivity index (χ2v) is 5.58. The molecule has 1 heterocycles. The van der Waals surface area contributed by atoms with Crippen LogP contribution in [0.1, 0.15) is 30.7 Å². The van der Waals surface area contributed by atoms with Crippen molar-refractivity contribution in [2.24, 2.45) is 11.7 Å². The van der Waals surface area contributed by atoms with Crippen LogP contribution in [0.3, 0.4) is 0 Å². The van der Waals surface area contributed by atoms with E-state index < -0.39 is 5.92 Å². The number of hydrogen-bond acceptors (Lipinski definition) is 3. The number of para-hydroxylation sites is 1. The van der Waals surface area contributed by atoms with Crippen LogP contribution in [-0.4, -0.2) is 24.4 Å². The predicted octanol–water partition coefficient (Wildman–Crippen LogP) is 0.966. The average molecular weight is 273 g/mol. The second kappa shape index (κ2) is 5.25. The van der Waals surface area contributed by atoms with Gasteiger partial charge in [-0.05, 0) is 30.4 Å². The van der Waals surface area contributed by atoms with Crippen LogP contribution in [0.2, 0.25) is 0 Å². The Morgan fingerprint density at radius 1 is 1.40 bits per heavy atom. The van der Waals surface area contributed by atoms with Crippen LogP contribution < -0.4 is 16.4 Å². The number of anilines is 1. The number of hydrogen-bond donors (Lipinski definition) is 3. The quantitative estimate of drug-likeness (QED) is 0.764. The number of carbonyl (C=O) groups excluding carboxylic acids is 2. The van der Waals surface area contributed by atoms with Gasteiger partial charge >= 0.3 is 0 Å². The van der Waals surface area contributed by atoms with E-state index in [9.17, 15) is 9.59 Å².